The van der Waals surface area contributed by atoms with E-state index >= 15 is 0 Å². The number of likely N-dealkylation sites (N-methyl/N-ethyl adjacent to an activating group) is 1. The van der Waals surface area contributed by atoms with Crippen LogP contribution >= 0.6 is 0 Å². The van der Waals surface area contributed by atoms with Crippen molar-refractivity contribution in [3.63, 3.8) is 0 Å². The Hall–Kier alpha value is -3.39. The zero-order valence-corrected chi connectivity index (χ0v) is 16.8. The third kappa shape index (κ3) is 6.05. The molecule has 0 fully saturated rings. The largest absolute Gasteiger partial charge is 0.481 e. The SMILES string of the molecule is CN(CCN)C(=O)OCC1c2ccccc2-c2ccccc21.O=C(O)CCC(=O)O. The van der Waals surface area contributed by atoms with Crippen molar-refractivity contribution in [2.45, 2.75) is 18.8 Å². The molecule has 0 bridgehead atoms. The minimum atomic E-state index is -1.08. The van der Waals surface area contributed by atoms with E-state index in [1.165, 1.54) is 27.2 Å². The van der Waals surface area contributed by atoms with Gasteiger partial charge in [0.1, 0.15) is 6.61 Å². The molecule has 160 valence electrons. The number of carboxylic acid groups (broad SMARTS) is 2. The van der Waals surface area contributed by atoms with E-state index in [9.17, 15) is 14.4 Å². The van der Waals surface area contributed by atoms with Crippen molar-refractivity contribution in [2.75, 3.05) is 26.7 Å². The minimum absolute atomic E-state index is 0.0997. The van der Waals surface area contributed by atoms with Gasteiger partial charge >= 0.3 is 18.0 Å². The van der Waals surface area contributed by atoms with E-state index in [4.69, 9.17) is 20.7 Å². The average molecular weight is 414 g/mol. The van der Waals surface area contributed by atoms with Crippen LogP contribution in [0, 0.1) is 0 Å². The average Bonchev–Trinajstić information content (AvgIpc) is 3.05. The number of carboxylic acids is 2. The van der Waals surface area contributed by atoms with Gasteiger partial charge in [0.2, 0.25) is 0 Å². The third-order valence-corrected chi connectivity index (χ3v) is 4.66. The van der Waals surface area contributed by atoms with Gasteiger partial charge in [-0.2, -0.15) is 0 Å². The molecule has 0 saturated heterocycles. The molecule has 8 heteroatoms. The maximum absolute atomic E-state index is 12.0. The zero-order chi connectivity index (χ0) is 22.1. The highest BCUT2D eigenvalue weighted by atomic mass is 16.6. The summed E-state index contributed by atoms with van der Waals surface area (Å²) >= 11 is 0. The van der Waals surface area contributed by atoms with E-state index < -0.39 is 11.9 Å². The van der Waals surface area contributed by atoms with Gasteiger partial charge in [0.05, 0.1) is 12.8 Å². The molecule has 0 spiro atoms. The van der Waals surface area contributed by atoms with Crippen molar-refractivity contribution in [2.24, 2.45) is 5.73 Å². The summed E-state index contributed by atoms with van der Waals surface area (Å²) in [5.74, 6) is -2.05. The van der Waals surface area contributed by atoms with Gasteiger partial charge in [-0.15, -0.1) is 0 Å². The second kappa shape index (κ2) is 11.0. The molecule has 0 unspecified atom stereocenters. The smallest absolute Gasteiger partial charge is 0.409 e. The summed E-state index contributed by atoms with van der Waals surface area (Å²) in [6.45, 7) is 1.28. The van der Waals surface area contributed by atoms with E-state index in [0.29, 0.717) is 19.7 Å². The Morgan fingerprint density at radius 3 is 1.83 bits per heavy atom. The van der Waals surface area contributed by atoms with Crippen LogP contribution in [0.4, 0.5) is 4.79 Å². The summed E-state index contributed by atoms with van der Waals surface area (Å²) in [4.78, 5) is 32.7. The normalized spacial score (nSPS) is 11.5. The molecule has 0 aromatic heterocycles. The van der Waals surface area contributed by atoms with Crippen molar-refractivity contribution < 1.29 is 29.3 Å². The molecule has 1 aliphatic carbocycles. The van der Waals surface area contributed by atoms with Crippen LogP contribution < -0.4 is 5.73 Å². The topological polar surface area (TPSA) is 130 Å². The van der Waals surface area contributed by atoms with E-state index in [2.05, 4.69) is 24.3 Å². The maximum Gasteiger partial charge on any atom is 0.409 e. The minimum Gasteiger partial charge on any atom is -0.481 e. The molecule has 0 atom stereocenters. The molecule has 30 heavy (non-hydrogen) atoms. The Morgan fingerprint density at radius 2 is 1.40 bits per heavy atom. The molecule has 0 aliphatic heterocycles. The van der Waals surface area contributed by atoms with Crippen molar-refractivity contribution in [3.8, 4) is 11.1 Å². The predicted molar refractivity (Wildman–Crippen MR) is 111 cm³/mol. The second-order valence-corrected chi connectivity index (χ2v) is 6.80. The highest BCUT2D eigenvalue weighted by Crippen LogP contribution is 2.44. The van der Waals surface area contributed by atoms with Crippen LogP contribution in [0.15, 0.2) is 48.5 Å². The van der Waals surface area contributed by atoms with Crippen LogP contribution in [0.1, 0.15) is 29.9 Å². The highest BCUT2D eigenvalue weighted by Gasteiger charge is 2.29. The Labute approximate surface area is 174 Å². The molecule has 2 aromatic rings. The molecule has 1 amide bonds. The standard InChI is InChI=1S/C18H20N2O2.C4H6O4/c1-20(11-10-19)18(21)22-12-17-15-8-4-2-6-13(15)14-7-3-5-9-16(14)17;5-3(6)1-2-4(7)8/h2-9,17H,10-12,19H2,1H3;1-2H2,(H,5,6)(H,7,8). The van der Waals surface area contributed by atoms with Gasteiger partial charge in [-0.1, -0.05) is 48.5 Å². The Kier molecular flexibility index (Phi) is 8.37. The first-order valence-electron chi connectivity index (χ1n) is 9.55. The van der Waals surface area contributed by atoms with Crippen molar-refractivity contribution in [1.29, 1.82) is 0 Å². The van der Waals surface area contributed by atoms with Gasteiger partial charge in [-0.3, -0.25) is 9.59 Å². The number of nitrogens with zero attached hydrogens (tertiary/aromatic N) is 1. The summed E-state index contributed by atoms with van der Waals surface area (Å²) in [6, 6.07) is 16.6. The van der Waals surface area contributed by atoms with E-state index in [1.54, 1.807) is 7.05 Å². The van der Waals surface area contributed by atoms with Gasteiger partial charge < -0.3 is 25.6 Å². The lowest BCUT2D eigenvalue weighted by atomic mass is 9.98. The third-order valence-electron chi connectivity index (χ3n) is 4.66. The summed E-state index contributed by atoms with van der Waals surface area (Å²) < 4.78 is 5.49. The van der Waals surface area contributed by atoms with Gasteiger partial charge in [0.25, 0.3) is 0 Å². The number of rotatable bonds is 7. The summed E-state index contributed by atoms with van der Waals surface area (Å²) in [7, 11) is 1.70. The number of ether oxygens (including phenoxy) is 1. The number of carbonyl (C=O) groups is 3. The first-order chi connectivity index (χ1) is 14.3. The molecule has 0 radical (unpaired) electrons. The zero-order valence-electron chi connectivity index (χ0n) is 16.8. The highest BCUT2D eigenvalue weighted by molar-refractivity contribution is 5.79. The number of nitrogens with two attached hydrogens (primary N) is 1. The van der Waals surface area contributed by atoms with Gasteiger partial charge in [0, 0.05) is 26.1 Å². The quantitative estimate of drug-likeness (QED) is 0.635. The van der Waals surface area contributed by atoms with Crippen molar-refractivity contribution >= 4 is 18.0 Å². The summed E-state index contributed by atoms with van der Waals surface area (Å²) in [6.07, 6.45) is -0.919. The fourth-order valence-corrected chi connectivity index (χ4v) is 3.20. The van der Waals surface area contributed by atoms with E-state index in [-0.39, 0.29) is 24.9 Å². The van der Waals surface area contributed by atoms with Crippen LogP contribution in [-0.4, -0.2) is 59.9 Å². The van der Waals surface area contributed by atoms with Gasteiger partial charge in [-0.25, -0.2) is 4.79 Å². The number of amides is 1. The maximum atomic E-state index is 12.0. The number of aliphatic carboxylic acids is 2. The monoisotopic (exact) mass is 414 g/mol. The molecule has 0 heterocycles. The molecule has 8 nitrogen and oxygen atoms in total. The Balaban J connectivity index is 0.000000343. The number of hydrogen-bond acceptors (Lipinski definition) is 5. The van der Waals surface area contributed by atoms with Crippen LogP contribution in [0.25, 0.3) is 11.1 Å². The number of benzene rings is 2. The molecule has 4 N–H and O–H groups in total. The lowest BCUT2D eigenvalue weighted by Crippen LogP contribution is -2.33. The number of carbonyl (C=O) groups excluding carboxylic acids is 1. The summed E-state index contributed by atoms with van der Waals surface area (Å²) in [5, 5.41) is 15.8. The van der Waals surface area contributed by atoms with Crippen molar-refractivity contribution in [3.05, 3.63) is 59.7 Å². The van der Waals surface area contributed by atoms with Crippen LogP contribution in [-0.2, 0) is 14.3 Å². The number of fused-ring (bicyclic) bond motifs is 3. The van der Waals surface area contributed by atoms with E-state index in [1.807, 2.05) is 24.3 Å². The number of hydrogen-bond donors (Lipinski definition) is 3. The molecular weight excluding hydrogens is 388 g/mol. The fraction of sp³-hybridized carbons (Fsp3) is 0.318. The van der Waals surface area contributed by atoms with Crippen LogP contribution in [0.5, 0.6) is 0 Å². The summed E-state index contributed by atoms with van der Waals surface area (Å²) in [5.41, 5.74) is 10.4. The van der Waals surface area contributed by atoms with Gasteiger partial charge in [-0.05, 0) is 22.3 Å². The lowest BCUT2D eigenvalue weighted by molar-refractivity contribution is -0.143. The molecule has 2 aromatic carbocycles. The molecule has 1 aliphatic rings. The Morgan fingerprint density at radius 1 is 0.933 bits per heavy atom. The van der Waals surface area contributed by atoms with E-state index in [0.717, 1.165) is 0 Å². The van der Waals surface area contributed by atoms with Crippen LogP contribution in [0.3, 0.4) is 0 Å². The predicted octanol–water partition coefficient (Wildman–Crippen LogP) is 2.76. The Bertz CT molecular complexity index is 839. The first-order valence-corrected chi connectivity index (χ1v) is 9.55. The molecule has 3 rings (SSSR count). The molecular formula is C22H26N2O6. The van der Waals surface area contributed by atoms with Crippen molar-refractivity contribution in [1.82, 2.24) is 4.90 Å². The second-order valence-electron chi connectivity index (χ2n) is 6.80. The lowest BCUT2D eigenvalue weighted by Gasteiger charge is -2.19. The first kappa shape index (κ1) is 22.9. The molecule has 0 saturated carbocycles. The van der Waals surface area contributed by atoms with Crippen LogP contribution in [0.2, 0.25) is 0 Å². The van der Waals surface area contributed by atoms with Gasteiger partial charge in [0.15, 0.2) is 0 Å². The fourth-order valence-electron chi connectivity index (χ4n) is 3.20.